The molecule has 1 heterocycles. The molecule has 4 heteroatoms. The van der Waals surface area contributed by atoms with E-state index in [1.807, 2.05) is 19.1 Å². The summed E-state index contributed by atoms with van der Waals surface area (Å²) in [5, 5.41) is 4.09. The fourth-order valence-electron chi connectivity index (χ4n) is 2.91. The molecule has 2 aromatic carbocycles. The summed E-state index contributed by atoms with van der Waals surface area (Å²) in [6.07, 6.45) is 4.25. The van der Waals surface area contributed by atoms with Gasteiger partial charge in [0, 0.05) is 24.3 Å². The summed E-state index contributed by atoms with van der Waals surface area (Å²) in [5.74, 6) is -0.197. The Morgan fingerprint density at radius 1 is 1.08 bits per heavy atom. The van der Waals surface area contributed by atoms with E-state index in [-0.39, 0.29) is 5.91 Å². The van der Waals surface area contributed by atoms with E-state index in [4.69, 9.17) is 0 Å². The first kappa shape index (κ1) is 16.2. The zero-order chi connectivity index (χ0) is 16.9. The van der Waals surface area contributed by atoms with Crippen LogP contribution in [-0.4, -0.2) is 25.2 Å². The Kier molecular flexibility index (Phi) is 4.94. The normalized spacial score (nSPS) is 14.3. The quantitative estimate of drug-likeness (QED) is 0.690. The number of carbonyl (C=O) groups is 1. The van der Waals surface area contributed by atoms with Crippen LogP contribution in [-0.2, 0) is 0 Å². The molecule has 3 rings (SSSR count). The predicted molar refractivity (Wildman–Crippen MR) is 98.9 cm³/mol. The van der Waals surface area contributed by atoms with Gasteiger partial charge in [-0.3, -0.25) is 4.79 Å². The van der Waals surface area contributed by atoms with E-state index < -0.39 is 0 Å². The molecule has 2 aromatic rings. The molecule has 1 fully saturated rings. The highest BCUT2D eigenvalue weighted by Crippen LogP contribution is 2.22. The second-order valence-electron chi connectivity index (χ2n) is 6.30. The molecular weight excluding hydrogens is 298 g/mol. The number of carbonyl (C=O) groups excluding carboxylic acids is 1. The second kappa shape index (κ2) is 7.30. The molecule has 1 amide bonds. The van der Waals surface area contributed by atoms with Crippen molar-refractivity contribution in [2.75, 3.05) is 18.0 Å². The molecule has 124 valence electrons. The van der Waals surface area contributed by atoms with Crippen molar-refractivity contribution >= 4 is 17.8 Å². The third-order valence-corrected chi connectivity index (χ3v) is 4.41. The van der Waals surface area contributed by atoms with Crippen molar-refractivity contribution in [1.82, 2.24) is 5.43 Å². The monoisotopic (exact) mass is 321 g/mol. The van der Waals surface area contributed by atoms with Gasteiger partial charge >= 0.3 is 0 Å². The van der Waals surface area contributed by atoms with Gasteiger partial charge in [0.05, 0.1) is 6.21 Å². The van der Waals surface area contributed by atoms with Crippen LogP contribution in [0.4, 0.5) is 5.69 Å². The highest BCUT2D eigenvalue weighted by Gasteiger charge is 2.12. The van der Waals surface area contributed by atoms with Crippen LogP contribution in [0.2, 0.25) is 0 Å². The van der Waals surface area contributed by atoms with Crippen molar-refractivity contribution in [2.45, 2.75) is 26.7 Å². The highest BCUT2D eigenvalue weighted by atomic mass is 16.2. The summed E-state index contributed by atoms with van der Waals surface area (Å²) < 4.78 is 0. The average Bonchev–Trinajstić information content (AvgIpc) is 3.11. The van der Waals surface area contributed by atoms with Crippen molar-refractivity contribution in [1.29, 1.82) is 0 Å². The Morgan fingerprint density at radius 2 is 1.79 bits per heavy atom. The number of aryl methyl sites for hydroxylation is 2. The maximum atomic E-state index is 12.0. The molecule has 1 saturated heterocycles. The Labute approximate surface area is 143 Å². The number of benzene rings is 2. The molecule has 1 aliphatic rings. The van der Waals surface area contributed by atoms with Crippen LogP contribution < -0.4 is 10.3 Å². The molecule has 1 aliphatic heterocycles. The number of anilines is 1. The summed E-state index contributed by atoms with van der Waals surface area (Å²) in [6, 6.07) is 13.8. The maximum absolute atomic E-state index is 12.0. The van der Waals surface area contributed by atoms with Crippen LogP contribution in [0.3, 0.4) is 0 Å². The molecule has 0 aromatic heterocycles. The largest absolute Gasteiger partial charge is 0.372 e. The number of hydrogen-bond acceptors (Lipinski definition) is 3. The Hall–Kier alpha value is -2.62. The van der Waals surface area contributed by atoms with E-state index in [1.54, 1.807) is 18.3 Å². The fraction of sp³-hybridized carbons (Fsp3) is 0.300. The molecule has 24 heavy (non-hydrogen) atoms. The van der Waals surface area contributed by atoms with Gasteiger partial charge in [0.25, 0.3) is 5.91 Å². The minimum Gasteiger partial charge on any atom is -0.372 e. The molecule has 0 spiro atoms. The number of amides is 1. The van der Waals surface area contributed by atoms with E-state index in [2.05, 4.69) is 40.5 Å². The fourth-order valence-corrected chi connectivity index (χ4v) is 2.91. The van der Waals surface area contributed by atoms with Gasteiger partial charge in [-0.1, -0.05) is 23.8 Å². The minimum absolute atomic E-state index is 0.197. The van der Waals surface area contributed by atoms with Crippen LogP contribution in [0.1, 0.15) is 39.9 Å². The second-order valence-corrected chi connectivity index (χ2v) is 6.30. The van der Waals surface area contributed by atoms with E-state index in [1.165, 1.54) is 18.5 Å². The maximum Gasteiger partial charge on any atom is 0.271 e. The third kappa shape index (κ3) is 3.82. The molecule has 1 N–H and O–H groups in total. The zero-order valence-corrected chi connectivity index (χ0v) is 14.2. The highest BCUT2D eigenvalue weighted by molar-refractivity contribution is 5.95. The molecule has 0 unspecified atom stereocenters. The van der Waals surface area contributed by atoms with Gasteiger partial charge in [-0.25, -0.2) is 5.43 Å². The van der Waals surface area contributed by atoms with Gasteiger partial charge in [-0.15, -0.1) is 0 Å². The number of hydrazone groups is 1. The lowest BCUT2D eigenvalue weighted by atomic mass is 10.1. The van der Waals surface area contributed by atoms with Gasteiger partial charge in [0.1, 0.15) is 0 Å². The molecule has 0 saturated carbocycles. The Morgan fingerprint density at radius 3 is 2.46 bits per heavy atom. The lowest BCUT2D eigenvalue weighted by molar-refractivity contribution is 0.0955. The smallest absolute Gasteiger partial charge is 0.271 e. The standard InChI is InChI=1S/C20H23N3O/c1-15-5-7-17(8-6-15)20(24)22-21-14-18-9-10-19(13-16(18)2)23-11-3-4-12-23/h5-10,13-14H,3-4,11-12H2,1-2H3,(H,22,24)/b21-14-. The SMILES string of the molecule is Cc1ccc(C(=O)N/N=C\c2ccc(N3CCCC3)cc2C)cc1. The van der Waals surface area contributed by atoms with Crippen LogP contribution >= 0.6 is 0 Å². The van der Waals surface area contributed by atoms with Crippen molar-refractivity contribution < 1.29 is 4.79 Å². The first-order chi connectivity index (χ1) is 11.6. The van der Waals surface area contributed by atoms with Crippen LogP contribution in [0.25, 0.3) is 0 Å². The van der Waals surface area contributed by atoms with Crippen LogP contribution in [0, 0.1) is 13.8 Å². The summed E-state index contributed by atoms with van der Waals surface area (Å²) in [7, 11) is 0. The summed E-state index contributed by atoms with van der Waals surface area (Å²) in [5.41, 5.74) is 7.77. The summed E-state index contributed by atoms with van der Waals surface area (Å²) in [4.78, 5) is 14.4. The van der Waals surface area contributed by atoms with Crippen molar-refractivity contribution in [3.63, 3.8) is 0 Å². The van der Waals surface area contributed by atoms with Gasteiger partial charge < -0.3 is 4.90 Å². The lowest BCUT2D eigenvalue weighted by Gasteiger charge is -2.18. The Bertz CT molecular complexity index is 744. The van der Waals surface area contributed by atoms with Gasteiger partial charge in [0.2, 0.25) is 0 Å². The van der Waals surface area contributed by atoms with E-state index in [0.717, 1.165) is 29.8 Å². The van der Waals surface area contributed by atoms with Crippen molar-refractivity contribution in [2.24, 2.45) is 5.10 Å². The number of rotatable bonds is 4. The number of nitrogens with one attached hydrogen (secondary N) is 1. The number of nitrogens with zero attached hydrogens (tertiary/aromatic N) is 2. The molecule has 0 radical (unpaired) electrons. The molecule has 0 bridgehead atoms. The van der Waals surface area contributed by atoms with Gasteiger partial charge in [0.15, 0.2) is 0 Å². The molecule has 0 aliphatic carbocycles. The van der Waals surface area contributed by atoms with Crippen LogP contribution in [0.5, 0.6) is 0 Å². The van der Waals surface area contributed by atoms with Crippen molar-refractivity contribution in [3.8, 4) is 0 Å². The lowest BCUT2D eigenvalue weighted by Crippen LogP contribution is -2.18. The summed E-state index contributed by atoms with van der Waals surface area (Å²) in [6.45, 7) is 6.34. The number of hydrogen-bond donors (Lipinski definition) is 1. The molecular formula is C20H23N3O. The minimum atomic E-state index is -0.197. The van der Waals surface area contributed by atoms with Crippen molar-refractivity contribution in [3.05, 3.63) is 64.7 Å². The van der Waals surface area contributed by atoms with Gasteiger partial charge in [-0.2, -0.15) is 5.10 Å². The van der Waals surface area contributed by atoms with Gasteiger partial charge in [-0.05, 0) is 62.1 Å². The summed E-state index contributed by atoms with van der Waals surface area (Å²) >= 11 is 0. The molecule has 4 nitrogen and oxygen atoms in total. The predicted octanol–water partition coefficient (Wildman–Crippen LogP) is 3.67. The first-order valence-electron chi connectivity index (χ1n) is 8.39. The Balaban J connectivity index is 1.63. The van der Waals surface area contributed by atoms with E-state index >= 15 is 0 Å². The third-order valence-electron chi connectivity index (χ3n) is 4.41. The van der Waals surface area contributed by atoms with E-state index in [9.17, 15) is 4.79 Å². The first-order valence-corrected chi connectivity index (χ1v) is 8.39. The molecule has 0 atom stereocenters. The van der Waals surface area contributed by atoms with Crippen LogP contribution in [0.15, 0.2) is 47.6 Å². The zero-order valence-electron chi connectivity index (χ0n) is 14.2. The van der Waals surface area contributed by atoms with E-state index in [0.29, 0.717) is 5.56 Å². The topological polar surface area (TPSA) is 44.7 Å². The average molecular weight is 321 g/mol.